The summed E-state index contributed by atoms with van der Waals surface area (Å²) in [6.45, 7) is -0.123. The predicted molar refractivity (Wildman–Crippen MR) is 158 cm³/mol. The van der Waals surface area contributed by atoms with Crippen molar-refractivity contribution in [3.8, 4) is 11.1 Å². The van der Waals surface area contributed by atoms with Gasteiger partial charge in [0.15, 0.2) is 5.65 Å². The summed E-state index contributed by atoms with van der Waals surface area (Å²) in [7, 11) is 1.00. The van der Waals surface area contributed by atoms with E-state index >= 15 is 4.39 Å². The molecule has 3 aliphatic heterocycles. The molecule has 0 unspecified atom stereocenters. The van der Waals surface area contributed by atoms with Crippen LogP contribution in [0.3, 0.4) is 0 Å². The number of aromatic nitrogens is 5. The van der Waals surface area contributed by atoms with Crippen LogP contribution in [0.25, 0.3) is 33.1 Å². The van der Waals surface area contributed by atoms with Crippen LogP contribution in [-0.4, -0.2) is 98.1 Å². The number of aliphatic carboxylic acids is 1. The molecule has 3 amide bonds. The minimum atomic E-state index is -1.07. The average molecular weight is 624 g/mol. The molecule has 3 aliphatic rings. The fraction of sp³-hybridized carbons (Fsp3) is 0.379. The van der Waals surface area contributed by atoms with Crippen molar-refractivity contribution in [1.29, 1.82) is 0 Å². The van der Waals surface area contributed by atoms with Crippen molar-refractivity contribution in [2.75, 3.05) is 33.3 Å². The Morgan fingerprint density at radius 2 is 1.84 bits per heavy atom. The number of piperidine rings is 1. The molecule has 4 N–H and O–H groups in total. The third-order valence-electron chi connectivity index (χ3n) is 8.17. The largest absolute Gasteiger partial charge is 0.481 e. The summed E-state index contributed by atoms with van der Waals surface area (Å²) in [5.74, 6) is -3.08. The van der Waals surface area contributed by atoms with Gasteiger partial charge in [-0.1, -0.05) is 4.79 Å². The number of aliphatic hydroxyl groups is 1. The van der Waals surface area contributed by atoms with Gasteiger partial charge in [0.1, 0.15) is 37.3 Å². The van der Waals surface area contributed by atoms with Gasteiger partial charge in [0.25, 0.3) is 0 Å². The first-order valence-electron chi connectivity index (χ1n) is 14.3. The number of halogens is 1. The lowest BCUT2D eigenvalue weighted by molar-refractivity contribution is -0.145. The van der Waals surface area contributed by atoms with E-state index in [2.05, 4.69) is 20.7 Å². The topological polar surface area (TPSA) is 198 Å². The van der Waals surface area contributed by atoms with Crippen LogP contribution < -0.4 is 15.2 Å². The Balaban J connectivity index is 0.00000196. The minimum absolute atomic E-state index is 0.162. The smallest absolute Gasteiger partial charge is 0.340 e. The quantitative estimate of drug-likeness (QED) is 0.149. The van der Waals surface area contributed by atoms with Crippen LogP contribution in [0.1, 0.15) is 37.3 Å². The highest BCUT2D eigenvalue weighted by atomic mass is 19.1. The molecule has 4 bridgehead atoms. The molecule has 0 radical (unpaired) electrons. The van der Waals surface area contributed by atoms with E-state index in [0.717, 1.165) is 7.11 Å². The van der Waals surface area contributed by atoms with E-state index in [0.29, 0.717) is 65.4 Å². The van der Waals surface area contributed by atoms with Gasteiger partial charge in [0.2, 0.25) is 11.8 Å². The molecule has 16 heteroatoms. The van der Waals surface area contributed by atoms with Gasteiger partial charge in [0.05, 0.1) is 43.2 Å². The highest BCUT2D eigenvalue weighted by Crippen LogP contribution is 2.41. The average Bonchev–Trinajstić information content (AvgIpc) is 3.62. The van der Waals surface area contributed by atoms with E-state index in [9.17, 15) is 29.1 Å². The number of carboxylic acids is 1. The Morgan fingerprint density at radius 3 is 2.56 bits per heavy atom. The number of fused-ring (bicyclic) bond motifs is 2. The number of benzene rings is 1. The number of carbonyl (C=O) groups excluding carboxylic acids is 4. The van der Waals surface area contributed by atoms with Gasteiger partial charge in [-0.15, -0.1) is 9.69 Å². The van der Waals surface area contributed by atoms with Gasteiger partial charge in [-0.3, -0.25) is 14.4 Å². The molecule has 0 atom stereocenters. The third-order valence-corrected chi connectivity index (χ3v) is 8.17. The van der Waals surface area contributed by atoms with Crippen molar-refractivity contribution in [3.63, 3.8) is 0 Å². The first kappa shape index (κ1) is 31.3. The summed E-state index contributed by atoms with van der Waals surface area (Å²) >= 11 is 0. The summed E-state index contributed by atoms with van der Waals surface area (Å²) < 4.78 is 16.9. The normalized spacial score (nSPS) is 18.2. The minimum Gasteiger partial charge on any atom is -0.481 e. The lowest BCUT2D eigenvalue weighted by Crippen LogP contribution is -2.65. The zero-order chi connectivity index (χ0) is 32.3. The molecule has 0 spiro atoms. The number of nitrogens with zero attached hydrogens (tertiary/aromatic N) is 6. The van der Waals surface area contributed by atoms with E-state index < -0.39 is 23.6 Å². The molecule has 7 rings (SSSR count). The molecule has 6 heterocycles. The Labute approximate surface area is 255 Å². The first-order valence-corrected chi connectivity index (χ1v) is 14.3. The van der Waals surface area contributed by atoms with E-state index in [4.69, 9.17) is 10.2 Å². The molecular formula is C29H32FN8O7+. The number of aliphatic hydroxyl groups excluding tert-OH is 1. The number of rotatable bonds is 9. The van der Waals surface area contributed by atoms with Gasteiger partial charge in [-0.05, 0) is 23.8 Å². The van der Waals surface area contributed by atoms with E-state index in [-0.39, 0.29) is 54.5 Å². The summed E-state index contributed by atoms with van der Waals surface area (Å²) in [4.78, 5) is 66.1. The number of carboxylic acid groups (broad SMARTS) is 1. The molecule has 3 aromatic heterocycles. The SMILES string of the molecule is CO.O=CCNC(=O)CNC(=O)Cn1nc2c3c(ccnc31)-c1cc3c(cnn3[N+]3(C(=O)CCC(=O)O)CCC2CC3)cc1F. The van der Waals surface area contributed by atoms with Gasteiger partial charge in [-0.25, -0.2) is 18.9 Å². The summed E-state index contributed by atoms with van der Waals surface area (Å²) in [5, 5.41) is 31.5. The Morgan fingerprint density at radius 1 is 1.09 bits per heavy atom. The molecule has 0 aliphatic carbocycles. The fourth-order valence-corrected chi connectivity index (χ4v) is 6.11. The highest BCUT2D eigenvalue weighted by Gasteiger charge is 2.46. The van der Waals surface area contributed by atoms with Crippen molar-refractivity contribution >= 4 is 51.9 Å². The lowest BCUT2D eigenvalue weighted by Gasteiger charge is -2.39. The van der Waals surface area contributed by atoms with Crippen molar-refractivity contribution in [3.05, 3.63) is 42.1 Å². The molecule has 1 aromatic carbocycles. The van der Waals surface area contributed by atoms with Crippen LogP contribution in [0.4, 0.5) is 4.39 Å². The molecule has 4 aromatic rings. The molecule has 1 fully saturated rings. The van der Waals surface area contributed by atoms with Gasteiger partial charge in [0, 0.05) is 43.0 Å². The standard InChI is InChI=1S/C28H27FN8O6.CH4O/c29-20-11-17-13-33-36-21(17)12-19(20)18-3-6-31-28-26(18)27(34-35(28)15-23(40)32-14-22(39)30-7-10-38)16-4-8-37(36,9-5-16)24(41)1-2-25(42)43;1-2/h3,6,10-13,16H,1-2,4-5,7-9,14-15H2,(H2-,30,32,39,40,42,43);2H,1H3/p+1. The monoisotopic (exact) mass is 623 g/mol. The number of amides is 3. The zero-order valence-electron chi connectivity index (χ0n) is 24.4. The van der Waals surface area contributed by atoms with Crippen molar-refractivity contribution in [2.24, 2.45) is 0 Å². The number of hydrogen-bond acceptors (Lipinski definition) is 9. The summed E-state index contributed by atoms with van der Waals surface area (Å²) in [5.41, 5.74) is 2.29. The van der Waals surface area contributed by atoms with Crippen LogP contribution in [0.5, 0.6) is 0 Å². The summed E-state index contributed by atoms with van der Waals surface area (Å²) in [6, 6.07) is 4.69. The third kappa shape index (κ3) is 5.76. The summed E-state index contributed by atoms with van der Waals surface area (Å²) in [6.07, 6.45) is 4.03. The predicted octanol–water partition coefficient (Wildman–Crippen LogP) is 0.348. The van der Waals surface area contributed by atoms with Crippen LogP contribution in [0.15, 0.2) is 30.6 Å². The Kier molecular flexibility index (Phi) is 8.96. The Hall–Kier alpha value is -5.09. The van der Waals surface area contributed by atoms with Crippen molar-refractivity contribution < 1.29 is 38.6 Å². The van der Waals surface area contributed by atoms with Crippen LogP contribution in [0, 0.1) is 5.82 Å². The second-order valence-electron chi connectivity index (χ2n) is 10.7. The van der Waals surface area contributed by atoms with Crippen LogP contribution in [0.2, 0.25) is 0 Å². The maximum Gasteiger partial charge on any atom is 0.340 e. The number of aldehydes is 1. The van der Waals surface area contributed by atoms with E-state index in [1.54, 1.807) is 16.9 Å². The zero-order valence-corrected chi connectivity index (χ0v) is 24.4. The van der Waals surface area contributed by atoms with Crippen LogP contribution in [-0.2, 0) is 30.5 Å². The molecule has 15 nitrogen and oxygen atoms in total. The fourth-order valence-electron chi connectivity index (χ4n) is 6.11. The second kappa shape index (κ2) is 12.9. The van der Waals surface area contributed by atoms with E-state index in [1.807, 2.05) is 0 Å². The molecule has 1 saturated heterocycles. The molecule has 45 heavy (non-hydrogen) atoms. The number of carbonyl (C=O) groups is 5. The molecule has 236 valence electrons. The number of quaternary nitrogens is 1. The molecule has 0 saturated carbocycles. The van der Waals surface area contributed by atoms with Gasteiger partial charge >= 0.3 is 11.9 Å². The van der Waals surface area contributed by atoms with Gasteiger partial charge < -0.3 is 25.6 Å². The maximum atomic E-state index is 15.7. The van der Waals surface area contributed by atoms with Gasteiger partial charge in [-0.2, -0.15) is 5.10 Å². The first-order chi connectivity index (χ1) is 21.7. The second-order valence-corrected chi connectivity index (χ2v) is 10.7. The lowest BCUT2D eigenvalue weighted by atomic mass is 9.89. The van der Waals surface area contributed by atoms with Crippen molar-refractivity contribution in [1.82, 2.24) is 39.9 Å². The van der Waals surface area contributed by atoms with E-state index in [1.165, 1.54) is 23.1 Å². The Bertz CT molecular complexity index is 1810. The highest BCUT2D eigenvalue weighted by molar-refractivity contribution is 5.99. The van der Waals surface area contributed by atoms with Crippen LogP contribution >= 0.6 is 0 Å². The molecular weight excluding hydrogens is 591 g/mol. The van der Waals surface area contributed by atoms with Crippen molar-refractivity contribution in [2.45, 2.75) is 38.1 Å². The number of pyridine rings is 1. The number of nitrogens with one attached hydrogen (secondary N) is 2. The number of hydrogen-bond donors (Lipinski definition) is 4. The maximum absolute atomic E-state index is 15.7.